The van der Waals surface area contributed by atoms with Crippen LogP contribution in [0.15, 0.2) is 65.8 Å². The third-order valence-corrected chi connectivity index (χ3v) is 5.63. The molecule has 0 aliphatic rings. The van der Waals surface area contributed by atoms with Gasteiger partial charge in [0.2, 0.25) is 5.91 Å². The summed E-state index contributed by atoms with van der Waals surface area (Å²) >= 11 is 0. The molecule has 0 spiro atoms. The number of hydrogen-bond donors (Lipinski definition) is 2. The smallest absolute Gasteiger partial charge is 0.496 e. The molecule has 0 heterocycles. The molecule has 2 N–H and O–H groups in total. The number of rotatable bonds is 9. The van der Waals surface area contributed by atoms with E-state index in [2.05, 4.69) is 10.1 Å². The summed E-state index contributed by atoms with van der Waals surface area (Å²) in [7, 11) is 1.65. The Morgan fingerprint density at radius 2 is 1.68 bits per heavy atom. The summed E-state index contributed by atoms with van der Waals surface area (Å²) in [5.74, 6) is -2.01. The molecule has 0 aliphatic carbocycles. The molecule has 0 bridgehead atoms. The molecule has 0 aliphatic heterocycles. The molecule has 2 aromatic rings. The van der Waals surface area contributed by atoms with Gasteiger partial charge in [-0.1, -0.05) is 36.0 Å². The van der Waals surface area contributed by atoms with Crippen molar-refractivity contribution < 1.29 is 37.3 Å². The van der Waals surface area contributed by atoms with Crippen LogP contribution in [-0.2, 0) is 4.79 Å². The van der Waals surface area contributed by atoms with Crippen molar-refractivity contribution in [2.24, 2.45) is 0 Å². The lowest BCUT2D eigenvalue weighted by atomic mass is 9.96. The van der Waals surface area contributed by atoms with Gasteiger partial charge >= 0.3 is 12.3 Å². The summed E-state index contributed by atoms with van der Waals surface area (Å²) in [5.41, 5.74) is 5.28. The first-order valence-corrected chi connectivity index (χ1v) is 11.5. The highest BCUT2D eigenvalue weighted by molar-refractivity contribution is 6.05. The summed E-state index contributed by atoms with van der Waals surface area (Å²) in [6, 6.07) is 4.65. The number of benzene rings is 2. The highest BCUT2D eigenvalue weighted by Gasteiger charge is 2.31. The van der Waals surface area contributed by atoms with E-state index in [1.807, 2.05) is 52.0 Å². The first kappa shape index (κ1) is 30.0. The predicted octanol–water partition coefficient (Wildman–Crippen LogP) is 7.32. The number of carbonyl (C=O) groups excluding carboxylic acids is 1. The number of carboxylic acid groups (broad SMARTS) is 1. The Hall–Kier alpha value is -4.27. The zero-order valence-electron chi connectivity index (χ0n) is 22.0. The van der Waals surface area contributed by atoms with Gasteiger partial charge in [-0.15, -0.1) is 13.2 Å². The zero-order valence-corrected chi connectivity index (χ0v) is 22.0. The van der Waals surface area contributed by atoms with Gasteiger partial charge in [0.1, 0.15) is 11.5 Å². The second-order valence-corrected chi connectivity index (χ2v) is 8.60. The van der Waals surface area contributed by atoms with Crippen LogP contribution in [0.2, 0.25) is 0 Å². The molecular weight excluding hydrogens is 499 g/mol. The number of allylic oxidation sites excluding steroid dienone is 6. The van der Waals surface area contributed by atoms with E-state index in [0.717, 1.165) is 45.7 Å². The van der Waals surface area contributed by atoms with E-state index in [4.69, 9.17) is 4.74 Å². The monoisotopic (exact) mass is 529 g/mol. The van der Waals surface area contributed by atoms with E-state index < -0.39 is 29.6 Å². The topological polar surface area (TPSA) is 84.9 Å². The number of hydrogen-bond acceptors (Lipinski definition) is 4. The van der Waals surface area contributed by atoms with Crippen LogP contribution in [0, 0.1) is 20.8 Å². The van der Waals surface area contributed by atoms with Crippen molar-refractivity contribution in [3.8, 4) is 11.5 Å². The molecule has 0 fully saturated rings. The van der Waals surface area contributed by atoms with Gasteiger partial charge in [0.05, 0.1) is 18.4 Å². The Morgan fingerprint density at radius 1 is 1.00 bits per heavy atom. The van der Waals surface area contributed by atoms with Crippen LogP contribution < -0.4 is 14.8 Å². The van der Waals surface area contributed by atoms with Gasteiger partial charge in [-0.05, 0) is 86.7 Å². The Labute approximate surface area is 219 Å². The van der Waals surface area contributed by atoms with Crippen molar-refractivity contribution >= 4 is 23.6 Å². The first-order valence-electron chi connectivity index (χ1n) is 11.5. The van der Waals surface area contributed by atoms with Crippen LogP contribution in [0.5, 0.6) is 11.5 Å². The average Bonchev–Trinajstić information content (AvgIpc) is 2.81. The molecule has 2 aromatic carbocycles. The highest BCUT2D eigenvalue weighted by atomic mass is 19.4. The second-order valence-electron chi connectivity index (χ2n) is 8.60. The highest BCUT2D eigenvalue weighted by Crippen LogP contribution is 2.29. The van der Waals surface area contributed by atoms with Crippen LogP contribution in [0.3, 0.4) is 0 Å². The Morgan fingerprint density at radius 3 is 2.29 bits per heavy atom. The molecule has 9 heteroatoms. The maximum Gasteiger partial charge on any atom is 0.573 e. The minimum atomic E-state index is -4.97. The number of carboxylic acids is 1. The summed E-state index contributed by atoms with van der Waals surface area (Å²) in [4.78, 5) is 23.8. The SMILES string of the molecule is COc1cc(C)c(C=CC(C)=CC=CC(C)=CC(=O)Nc2ccc(OC(F)(F)F)cc2C(=O)O)c(C)c1C. The van der Waals surface area contributed by atoms with Gasteiger partial charge in [0, 0.05) is 6.08 Å². The molecule has 0 radical (unpaired) electrons. The average molecular weight is 530 g/mol. The van der Waals surface area contributed by atoms with E-state index in [1.165, 1.54) is 6.08 Å². The number of alkyl halides is 3. The number of halogens is 3. The van der Waals surface area contributed by atoms with Crippen LogP contribution in [-0.4, -0.2) is 30.5 Å². The molecule has 2 rings (SSSR count). The molecule has 1 amide bonds. The van der Waals surface area contributed by atoms with Gasteiger partial charge in [0.15, 0.2) is 0 Å². The second kappa shape index (κ2) is 12.8. The largest absolute Gasteiger partial charge is 0.573 e. The summed E-state index contributed by atoms with van der Waals surface area (Å²) < 4.78 is 46.4. The van der Waals surface area contributed by atoms with Crippen LogP contribution >= 0.6 is 0 Å². The lowest BCUT2D eigenvalue weighted by Crippen LogP contribution is -2.18. The van der Waals surface area contributed by atoms with E-state index in [1.54, 1.807) is 26.2 Å². The number of carbonyl (C=O) groups is 2. The summed E-state index contributed by atoms with van der Waals surface area (Å²) in [6.45, 7) is 9.71. The fourth-order valence-electron chi connectivity index (χ4n) is 3.59. The Balaban J connectivity index is 2.10. The predicted molar refractivity (Wildman–Crippen MR) is 142 cm³/mol. The first-order chi connectivity index (χ1) is 17.7. The fraction of sp³-hybridized carbons (Fsp3) is 0.241. The van der Waals surface area contributed by atoms with Crippen molar-refractivity contribution in [3.05, 3.63) is 93.6 Å². The minimum absolute atomic E-state index is 0.162. The van der Waals surface area contributed by atoms with Crippen molar-refractivity contribution in [1.29, 1.82) is 0 Å². The number of nitrogens with one attached hydrogen (secondary N) is 1. The molecule has 38 heavy (non-hydrogen) atoms. The van der Waals surface area contributed by atoms with Gasteiger partial charge in [-0.2, -0.15) is 0 Å². The lowest BCUT2D eigenvalue weighted by molar-refractivity contribution is -0.274. The van der Waals surface area contributed by atoms with E-state index in [-0.39, 0.29) is 5.69 Å². The number of aromatic carboxylic acids is 1. The number of aryl methyl sites for hydroxylation is 1. The molecule has 202 valence electrons. The Bertz CT molecular complexity index is 1330. The zero-order chi connectivity index (χ0) is 28.6. The van der Waals surface area contributed by atoms with Crippen molar-refractivity contribution in [3.63, 3.8) is 0 Å². The maximum atomic E-state index is 12.4. The van der Waals surface area contributed by atoms with E-state index in [9.17, 15) is 27.9 Å². The molecule has 0 saturated heterocycles. The summed E-state index contributed by atoms with van der Waals surface area (Å²) in [6.07, 6.45) is 5.63. The number of methoxy groups -OCH3 is 1. The molecule has 6 nitrogen and oxygen atoms in total. The van der Waals surface area contributed by atoms with E-state index >= 15 is 0 Å². The molecule has 0 unspecified atom stereocenters. The number of anilines is 1. The fourth-order valence-corrected chi connectivity index (χ4v) is 3.59. The lowest BCUT2D eigenvalue weighted by Gasteiger charge is -2.13. The normalized spacial score (nSPS) is 12.8. The summed E-state index contributed by atoms with van der Waals surface area (Å²) in [5, 5.41) is 11.7. The molecule has 0 aromatic heterocycles. The van der Waals surface area contributed by atoms with Crippen LogP contribution in [0.1, 0.15) is 46.5 Å². The quantitative estimate of drug-likeness (QED) is 0.263. The van der Waals surface area contributed by atoms with Gasteiger partial charge in [-0.25, -0.2) is 4.79 Å². The molecule has 0 atom stereocenters. The van der Waals surface area contributed by atoms with Crippen molar-refractivity contribution in [2.75, 3.05) is 12.4 Å². The van der Waals surface area contributed by atoms with Gasteiger partial charge in [-0.3, -0.25) is 4.79 Å². The molecular formula is C29H30F3NO5. The standard InChI is InChI=1S/C29H30F3NO5/c1-17(10-12-23-19(3)15-26(37-6)21(5)20(23)4)8-7-9-18(2)14-27(34)33-25-13-11-22(38-29(30,31)32)16-24(25)28(35)36/h7-16H,1-6H3,(H,33,34)(H,35,36). The number of amides is 1. The third-order valence-electron chi connectivity index (χ3n) is 5.63. The number of ether oxygens (including phenoxy) is 2. The minimum Gasteiger partial charge on any atom is -0.496 e. The maximum absolute atomic E-state index is 12.4. The van der Waals surface area contributed by atoms with Crippen molar-refractivity contribution in [1.82, 2.24) is 0 Å². The van der Waals surface area contributed by atoms with Crippen LogP contribution in [0.4, 0.5) is 18.9 Å². The van der Waals surface area contributed by atoms with Gasteiger partial charge in [0.25, 0.3) is 0 Å². The third kappa shape index (κ3) is 8.69. The van der Waals surface area contributed by atoms with Crippen molar-refractivity contribution in [2.45, 2.75) is 41.0 Å². The van der Waals surface area contributed by atoms with Crippen LogP contribution in [0.25, 0.3) is 6.08 Å². The van der Waals surface area contributed by atoms with E-state index in [0.29, 0.717) is 11.6 Å². The van der Waals surface area contributed by atoms with Gasteiger partial charge < -0.3 is 19.9 Å². The Kier molecular flexibility index (Phi) is 10.1. The molecule has 0 saturated carbocycles.